The van der Waals surface area contributed by atoms with E-state index in [-0.39, 0.29) is 11.6 Å². The Morgan fingerprint density at radius 3 is 2.77 bits per heavy atom. The van der Waals surface area contributed by atoms with Gasteiger partial charge in [-0.3, -0.25) is 10.1 Å². The van der Waals surface area contributed by atoms with Gasteiger partial charge in [-0.15, -0.1) is 11.8 Å². The molecule has 8 heteroatoms. The Kier molecular flexibility index (Phi) is 5.37. The number of esters is 1. The van der Waals surface area contributed by atoms with E-state index in [1.54, 1.807) is 24.6 Å². The average Bonchev–Trinajstić information content (AvgIpc) is 3.30. The van der Waals surface area contributed by atoms with Crippen molar-refractivity contribution in [3.8, 4) is 0 Å². The van der Waals surface area contributed by atoms with Gasteiger partial charge in [0.05, 0.1) is 5.56 Å². The van der Waals surface area contributed by atoms with Gasteiger partial charge in [0.1, 0.15) is 5.03 Å². The van der Waals surface area contributed by atoms with Crippen molar-refractivity contribution in [2.45, 2.75) is 36.9 Å². The maximum absolute atomic E-state index is 12.1. The summed E-state index contributed by atoms with van der Waals surface area (Å²) in [6.45, 7) is 1.41. The molecule has 0 aromatic carbocycles. The molecule has 2 rings (SSSR count). The Morgan fingerprint density at radius 2 is 2.14 bits per heavy atom. The summed E-state index contributed by atoms with van der Waals surface area (Å²) in [5, 5.41) is 5.29. The van der Waals surface area contributed by atoms with Gasteiger partial charge < -0.3 is 10.1 Å². The van der Waals surface area contributed by atoms with Crippen LogP contribution in [0, 0.1) is 0 Å². The minimum atomic E-state index is -1.08. The maximum Gasteiger partial charge on any atom is 0.341 e. The van der Waals surface area contributed by atoms with E-state index in [9.17, 15) is 14.4 Å². The molecule has 1 aromatic heterocycles. The fraction of sp³-hybridized carbons (Fsp3) is 0.429. The van der Waals surface area contributed by atoms with Crippen LogP contribution in [0.1, 0.15) is 30.1 Å². The van der Waals surface area contributed by atoms with Crippen LogP contribution in [-0.4, -0.2) is 41.3 Å². The van der Waals surface area contributed by atoms with Gasteiger partial charge in [-0.25, -0.2) is 14.6 Å². The molecule has 1 aliphatic carbocycles. The summed E-state index contributed by atoms with van der Waals surface area (Å²) in [5.74, 6) is -1.32. The average molecular weight is 323 g/mol. The molecule has 1 fully saturated rings. The van der Waals surface area contributed by atoms with Gasteiger partial charge in [0.2, 0.25) is 0 Å². The summed E-state index contributed by atoms with van der Waals surface area (Å²) in [6.07, 6.45) is 4.13. The van der Waals surface area contributed by atoms with Crippen molar-refractivity contribution < 1.29 is 19.1 Å². The Hall–Kier alpha value is -2.09. The SMILES string of the molecule is CSc1ncccc1C(=O)O[C@@H](C)C(=O)NC(=O)NC1CC1. The van der Waals surface area contributed by atoms with Crippen LogP contribution in [0.3, 0.4) is 0 Å². The third-order valence-corrected chi connectivity index (χ3v) is 3.70. The van der Waals surface area contributed by atoms with Gasteiger partial charge >= 0.3 is 12.0 Å². The summed E-state index contributed by atoms with van der Waals surface area (Å²) < 4.78 is 5.08. The molecule has 2 N–H and O–H groups in total. The third-order valence-electron chi connectivity index (χ3n) is 2.99. The van der Waals surface area contributed by atoms with E-state index in [4.69, 9.17) is 4.74 Å². The second-order valence-corrected chi connectivity index (χ2v) is 5.64. The standard InChI is InChI=1S/C14H17N3O4S/c1-8(11(18)17-14(20)16-9-5-6-9)21-13(19)10-4-3-7-15-12(10)22-2/h3-4,7-9H,5-6H2,1-2H3,(H2,16,17,18,20)/t8-/m0/s1. The van der Waals surface area contributed by atoms with Crippen molar-refractivity contribution in [1.29, 1.82) is 0 Å². The van der Waals surface area contributed by atoms with Gasteiger partial charge in [0, 0.05) is 12.2 Å². The Bertz CT molecular complexity index is 589. The number of nitrogens with zero attached hydrogens (tertiary/aromatic N) is 1. The molecule has 1 aromatic rings. The zero-order valence-corrected chi connectivity index (χ0v) is 13.1. The van der Waals surface area contributed by atoms with E-state index >= 15 is 0 Å². The highest BCUT2D eigenvalue weighted by Crippen LogP contribution is 2.19. The largest absolute Gasteiger partial charge is 0.449 e. The van der Waals surface area contributed by atoms with Gasteiger partial charge in [-0.1, -0.05) is 0 Å². The smallest absolute Gasteiger partial charge is 0.341 e. The zero-order valence-electron chi connectivity index (χ0n) is 12.3. The van der Waals surface area contributed by atoms with E-state index in [0.29, 0.717) is 5.03 Å². The number of nitrogens with one attached hydrogen (secondary N) is 2. The van der Waals surface area contributed by atoms with E-state index in [0.717, 1.165) is 12.8 Å². The van der Waals surface area contributed by atoms with Crippen molar-refractivity contribution in [2.24, 2.45) is 0 Å². The van der Waals surface area contributed by atoms with Crippen LogP contribution in [0.25, 0.3) is 0 Å². The molecule has 7 nitrogen and oxygen atoms in total. The van der Waals surface area contributed by atoms with Crippen molar-refractivity contribution >= 4 is 29.7 Å². The number of pyridine rings is 1. The van der Waals surface area contributed by atoms with Crippen molar-refractivity contribution in [1.82, 2.24) is 15.6 Å². The Balaban J connectivity index is 1.89. The monoisotopic (exact) mass is 323 g/mol. The molecule has 1 saturated carbocycles. The van der Waals surface area contributed by atoms with Crippen LogP contribution in [0.15, 0.2) is 23.4 Å². The number of rotatable bonds is 5. The lowest BCUT2D eigenvalue weighted by atomic mass is 10.3. The van der Waals surface area contributed by atoms with Crippen LogP contribution >= 0.6 is 11.8 Å². The normalized spacial score (nSPS) is 14.8. The van der Waals surface area contributed by atoms with Gasteiger partial charge in [-0.05, 0) is 38.2 Å². The molecule has 1 atom stereocenters. The van der Waals surface area contributed by atoms with E-state index in [1.807, 2.05) is 0 Å². The molecular weight excluding hydrogens is 306 g/mol. The number of amides is 3. The number of ether oxygens (including phenoxy) is 1. The molecule has 3 amide bonds. The highest BCUT2D eigenvalue weighted by molar-refractivity contribution is 7.98. The summed E-state index contributed by atoms with van der Waals surface area (Å²) in [6, 6.07) is 2.77. The third kappa shape index (κ3) is 4.45. The molecule has 0 bridgehead atoms. The van der Waals surface area contributed by atoms with Gasteiger partial charge in [-0.2, -0.15) is 0 Å². The molecule has 1 aliphatic rings. The topological polar surface area (TPSA) is 97.4 Å². The van der Waals surface area contributed by atoms with E-state index in [1.165, 1.54) is 18.7 Å². The first kappa shape index (κ1) is 16.3. The highest BCUT2D eigenvalue weighted by Gasteiger charge is 2.26. The first-order valence-electron chi connectivity index (χ1n) is 6.82. The number of aromatic nitrogens is 1. The minimum Gasteiger partial charge on any atom is -0.449 e. The van der Waals surface area contributed by atoms with Crippen molar-refractivity contribution in [3.05, 3.63) is 23.9 Å². The van der Waals surface area contributed by atoms with Crippen LogP contribution in [-0.2, 0) is 9.53 Å². The zero-order chi connectivity index (χ0) is 16.1. The summed E-state index contributed by atoms with van der Waals surface area (Å²) in [4.78, 5) is 39.4. The predicted molar refractivity (Wildman–Crippen MR) is 80.6 cm³/mol. The molecule has 0 spiro atoms. The fourth-order valence-corrected chi connectivity index (χ4v) is 2.19. The highest BCUT2D eigenvalue weighted by atomic mass is 32.2. The van der Waals surface area contributed by atoms with E-state index < -0.39 is 24.0 Å². The molecule has 0 unspecified atom stereocenters. The number of carbonyl (C=O) groups is 3. The molecule has 22 heavy (non-hydrogen) atoms. The van der Waals surface area contributed by atoms with Crippen LogP contribution in [0.4, 0.5) is 4.79 Å². The predicted octanol–water partition coefficient (Wildman–Crippen LogP) is 1.34. The first-order valence-corrected chi connectivity index (χ1v) is 8.05. The number of hydrogen-bond donors (Lipinski definition) is 2. The number of imide groups is 1. The second kappa shape index (κ2) is 7.26. The maximum atomic E-state index is 12.1. The molecule has 0 saturated heterocycles. The number of urea groups is 1. The van der Waals surface area contributed by atoms with Crippen LogP contribution in [0.2, 0.25) is 0 Å². The van der Waals surface area contributed by atoms with Crippen LogP contribution in [0.5, 0.6) is 0 Å². The Labute approximate surface area is 132 Å². The van der Waals surface area contributed by atoms with Crippen molar-refractivity contribution in [3.63, 3.8) is 0 Å². The number of thioether (sulfide) groups is 1. The lowest BCUT2D eigenvalue weighted by Gasteiger charge is -2.14. The molecular formula is C14H17N3O4S. The molecule has 0 radical (unpaired) electrons. The van der Waals surface area contributed by atoms with E-state index in [2.05, 4.69) is 15.6 Å². The molecule has 0 aliphatic heterocycles. The summed E-state index contributed by atoms with van der Waals surface area (Å²) in [5.41, 5.74) is 0.289. The Morgan fingerprint density at radius 1 is 1.41 bits per heavy atom. The summed E-state index contributed by atoms with van der Waals surface area (Å²) >= 11 is 1.31. The number of carbonyl (C=O) groups excluding carboxylic acids is 3. The van der Waals surface area contributed by atoms with Gasteiger partial charge in [0.25, 0.3) is 5.91 Å². The first-order chi connectivity index (χ1) is 10.5. The minimum absolute atomic E-state index is 0.144. The second-order valence-electron chi connectivity index (χ2n) is 4.84. The van der Waals surface area contributed by atoms with Crippen molar-refractivity contribution in [2.75, 3.05) is 6.26 Å². The molecule has 1 heterocycles. The number of hydrogen-bond acceptors (Lipinski definition) is 6. The summed E-state index contributed by atoms with van der Waals surface area (Å²) in [7, 11) is 0. The van der Waals surface area contributed by atoms with Crippen LogP contribution < -0.4 is 10.6 Å². The fourth-order valence-electron chi connectivity index (χ4n) is 1.65. The lowest BCUT2D eigenvalue weighted by Crippen LogP contribution is -2.45. The molecule has 118 valence electrons. The lowest BCUT2D eigenvalue weighted by molar-refractivity contribution is -0.127. The quantitative estimate of drug-likeness (QED) is 0.627. The van der Waals surface area contributed by atoms with Gasteiger partial charge in [0.15, 0.2) is 6.10 Å².